The number of nitrogens with zero attached hydrogens (tertiary/aromatic N) is 2. The molecule has 0 radical (unpaired) electrons. The predicted molar refractivity (Wildman–Crippen MR) is 63.9 cm³/mol. The highest BCUT2D eigenvalue weighted by molar-refractivity contribution is 7.13. The van der Waals surface area contributed by atoms with Crippen LogP contribution >= 0.6 is 11.3 Å². The van der Waals surface area contributed by atoms with Crippen molar-refractivity contribution >= 4 is 11.3 Å². The van der Waals surface area contributed by atoms with Crippen LogP contribution in [-0.4, -0.2) is 37.1 Å². The topological polar surface area (TPSA) is 56.3 Å². The normalized spacial score (nSPS) is 10.6. The Labute approximate surface area is 100 Å². The summed E-state index contributed by atoms with van der Waals surface area (Å²) in [4.78, 5) is 0. The second-order valence-electron chi connectivity index (χ2n) is 3.33. The molecule has 0 fully saturated rings. The average molecular weight is 245 g/mol. The Balaban J connectivity index is 2.17. The number of nitrogens with one attached hydrogen (secondary N) is 1. The number of hydrogen-bond donors (Lipinski definition) is 1. The van der Waals surface area contributed by atoms with E-state index in [1.807, 2.05) is 0 Å². The van der Waals surface area contributed by atoms with Gasteiger partial charge in [-0.2, -0.15) is 0 Å². The fourth-order valence-corrected chi connectivity index (χ4v) is 1.78. The molecule has 1 heterocycles. The van der Waals surface area contributed by atoms with Gasteiger partial charge in [0.2, 0.25) is 0 Å². The van der Waals surface area contributed by atoms with Crippen LogP contribution in [0, 0.1) is 0 Å². The highest BCUT2D eigenvalue weighted by Gasteiger charge is 2.03. The van der Waals surface area contributed by atoms with Crippen LogP contribution in [-0.2, 0) is 11.3 Å². The molecule has 92 valence electrons. The minimum atomic E-state index is 0.630. The highest BCUT2D eigenvalue weighted by atomic mass is 32.1. The van der Waals surface area contributed by atoms with E-state index in [-0.39, 0.29) is 0 Å². The van der Waals surface area contributed by atoms with Gasteiger partial charge >= 0.3 is 0 Å². The summed E-state index contributed by atoms with van der Waals surface area (Å²) < 4.78 is 10.4. The first-order valence-electron chi connectivity index (χ1n) is 5.51. The molecule has 0 atom stereocenters. The molecule has 1 aromatic heterocycles. The van der Waals surface area contributed by atoms with E-state index in [1.165, 1.54) is 11.3 Å². The minimum absolute atomic E-state index is 0.630. The maximum absolute atomic E-state index is 5.43. The lowest BCUT2D eigenvalue weighted by Crippen LogP contribution is -2.13. The zero-order valence-electron chi connectivity index (χ0n) is 9.86. The Hall–Kier alpha value is -0.720. The number of ether oxygens (including phenoxy) is 2. The molecule has 1 aromatic rings. The van der Waals surface area contributed by atoms with Gasteiger partial charge in [-0.25, -0.2) is 0 Å². The molecular weight excluding hydrogens is 226 g/mol. The minimum Gasteiger partial charge on any atom is -0.469 e. The van der Waals surface area contributed by atoms with Gasteiger partial charge in [0, 0.05) is 26.7 Å². The number of methoxy groups -OCH3 is 1. The Bertz CT molecular complexity index is 281. The molecule has 0 aliphatic heterocycles. The zero-order valence-corrected chi connectivity index (χ0v) is 10.7. The third-order valence-electron chi connectivity index (χ3n) is 1.87. The molecule has 6 heteroatoms. The molecule has 0 unspecified atom stereocenters. The van der Waals surface area contributed by atoms with E-state index in [9.17, 15) is 0 Å². The zero-order chi connectivity index (χ0) is 11.6. The van der Waals surface area contributed by atoms with Crippen LogP contribution < -0.4 is 10.1 Å². The van der Waals surface area contributed by atoms with E-state index in [4.69, 9.17) is 9.47 Å². The van der Waals surface area contributed by atoms with Crippen LogP contribution in [0.1, 0.15) is 24.8 Å². The lowest BCUT2D eigenvalue weighted by molar-refractivity contribution is 0.171. The quantitative estimate of drug-likeness (QED) is 0.667. The van der Waals surface area contributed by atoms with Crippen molar-refractivity contribution in [3.63, 3.8) is 0 Å². The average Bonchev–Trinajstić information content (AvgIpc) is 2.73. The highest BCUT2D eigenvalue weighted by Crippen LogP contribution is 2.17. The lowest BCUT2D eigenvalue weighted by Gasteiger charge is -2.00. The van der Waals surface area contributed by atoms with E-state index >= 15 is 0 Å². The molecule has 5 nitrogen and oxygen atoms in total. The van der Waals surface area contributed by atoms with Gasteiger partial charge in [0.05, 0.1) is 6.61 Å². The van der Waals surface area contributed by atoms with E-state index in [0.29, 0.717) is 18.4 Å². The molecule has 0 saturated carbocycles. The molecule has 0 saturated heterocycles. The van der Waals surface area contributed by atoms with Crippen molar-refractivity contribution in [2.75, 3.05) is 26.9 Å². The summed E-state index contributed by atoms with van der Waals surface area (Å²) in [5.41, 5.74) is 0. The van der Waals surface area contributed by atoms with E-state index in [0.717, 1.165) is 30.9 Å². The van der Waals surface area contributed by atoms with Gasteiger partial charge in [0.1, 0.15) is 5.01 Å². The summed E-state index contributed by atoms with van der Waals surface area (Å²) in [6, 6.07) is 0. The molecule has 0 aliphatic rings. The second-order valence-corrected chi connectivity index (χ2v) is 4.36. The van der Waals surface area contributed by atoms with E-state index in [2.05, 4.69) is 22.4 Å². The third-order valence-corrected chi connectivity index (χ3v) is 2.71. The molecule has 0 amide bonds. The fraction of sp³-hybridized carbons (Fsp3) is 0.800. The SMILES string of the molecule is CCCNCc1nnc(OCCCOC)s1. The van der Waals surface area contributed by atoms with Crippen LogP contribution in [0.5, 0.6) is 5.19 Å². The van der Waals surface area contributed by atoms with E-state index in [1.54, 1.807) is 7.11 Å². The summed E-state index contributed by atoms with van der Waals surface area (Å²) in [6.07, 6.45) is 2.00. The van der Waals surface area contributed by atoms with Crippen LogP contribution in [0.15, 0.2) is 0 Å². The van der Waals surface area contributed by atoms with Gasteiger partial charge in [0.25, 0.3) is 5.19 Å². The third kappa shape index (κ3) is 5.39. The van der Waals surface area contributed by atoms with Crippen molar-refractivity contribution in [1.82, 2.24) is 15.5 Å². The van der Waals surface area contributed by atoms with Gasteiger partial charge in [-0.1, -0.05) is 18.3 Å². The maximum atomic E-state index is 5.43. The van der Waals surface area contributed by atoms with Crippen molar-refractivity contribution in [1.29, 1.82) is 0 Å². The Morgan fingerprint density at radius 2 is 2.19 bits per heavy atom. The standard InChI is InChI=1S/C10H19N3O2S/c1-3-5-11-8-9-12-13-10(16-9)15-7-4-6-14-2/h11H,3-8H2,1-2H3. The van der Waals surface area contributed by atoms with Gasteiger partial charge < -0.3 is 14.8 Å². The Morgan fingerprint density at radius 3 is 2.94 bits per heavy atom. The van der Waals surface area contributed by atoms with Crippen molar-refractivity contribution in [3.05, 3.63) is 5.01 Å². The largest absolute Gasteiger partial charge is 0.469 e. The van der Waals surface area contributed by atoms with Crippen LogP contribution in [0.3, 0.4) is 0 Å². The first-order chi connectivity index (χ1) is 7.86. The monoisotopic (exact) mass is 245 g/mol. The van der Waals surface area contributed by atoms with Crippen LogP contribution in [0.2, 0.25) is 0 Å². The molecule has 0 spiro atoms. The molecule has 1 N–H and O–H groups in total. The molecule has 0 bridgehead atoms. The van der Waals surface area contributed by atoms with Crippen molar-refractivity contribution in [2.45, 2.75) is 26.3 Å². The molecule has 0 aliphatic carbocycles. The smallest absolute Gasteiger partial charge is 0.294 e. The number of hydrogen-bond acceptors (Lipinski definition) is 6. The van der Waals surface area contributed by atoms with E-state index < -0.39 is 0 Å². The molecule has 1 rings (SSSR count). The summed E-state index contributed by atoms with van der Waals surface area (Å²) in [7, 11) is 1.68. The summed E-state index contributed by atoms with van der Waals surface area (Å²) in [5, 5.41) is 12.9. The van der Waals surface area contributed by atoms with Gasteiger partial charge in [-0.3, -0.25) is 0 Å². The lowest BCUT2D eigenvalue weighted by atomic mass is 10.5. The van der Waals surface area contributed by atoms with Crippen LogP contribution in [0.4, 0.5) is 0 Å². The predicted octanol–water partition coefficient (Wildman–Crippen LogP) is 1.45. The van der Waals surface area contributed by atoms with Gasteiger partial charge in [0.15, 0.2) is 0 Å². The molecule has 0 aromatic carbocycles. The fourth-order valence-electron chi connectivity index (χ4n) is 1.10. The summed E-state index contributed by atoms with van der Waals surface area (Å²) in [5.74, 6) is 0. The maximum Gasteiger partial charge on any atom is 0.294 e. The second kappa shape index (κ2) is 8.43. The van der Waals surface area contributed by atoms with Crippen molar-refractivity contribution < 1.29 is 9.47 Å². The first-order valence-corrected chi connectivity index (χ1v) is 6.33. The van der Waals surface area contributed by atoms with Crippen molar-refractivity contribution in [3.8, 4) is 5.19 Å². The van der Waals surface area contributed by atoms with Crippen LogP contribution in [0.25, 0.3) is 0 Å². The van der Waals surface area contributed by atoms with Gasteiger partial charge in [-0.05, 0) is 13.0 Å². The Morgan fingerprint density at radius 1 is 1.31 bits per heavy atom. The summed E-state index contributed by atoms with van der Waals surface area (Å²) >= 11 is 1.49. The van der Waals surface area contributed by atoms with Gasteiger partial charge in [-0.15, -0.1) is 10.2 Å². The number of rotatable bonds is 9. The number of aromatic nitrogens is 2. The molecule has 16 heavy (non-hydrogen) atoms. The summed E-state index contributed by atoms with van der Waals surface area (Å²) in [6.45, 7) is 5.25. The Kier molecular flexibility index (Phi) is 7.03. The molecular formula is C10H19N3O2S. The first kappa shape index (κ1) is 13.3. The van der Waals surface area contributed by atoms with Crippen molar-refractivity contribution in [2.24, 2.45) is 0 Å².